The van der Waals surface area contributed by atoms with Crippen LogP contribution in [-0.2, 0) is 9.84 Å². The van der Waals surface area contributed by atoms with Gasteiger partial charge in [0.15, 0.2) is 9.84 Å². The van der Waals surface area contributed by atoms with Crippen LogP contribution < -0.4 is 5.32 Å². The fraction of sp³-hybridized carbons (Fsp3) is 0.133. The van der Waals surface area contributed by atoms with Gasteiger partial charge in [-0.3, -0.25) is 4.79 Å². The van der Waals surface area contributed by atoms with E-state index in [0.717, 1.165) is 16.3 Å². The fourth-order valence-electron chi connectivity index (χ4n) is 1.78. The maximum absolute atomic E-state index is 12.2. The predicted octanol–water partition coefficient (Wildman–Crippen LogP) is 3.41. The maximum atomic E-state index is 12.2. The summed E-state index contributed by atoms with van der Waals surface area (Å²) in [6, 6.07) is 11.5. The molecular weight excluding hydrogens is 354 g/mol. The lowest BCUT2D eigenvalue weighted by Crippen LogP contribution is -2.13. The molecule has 1 amide bonds. The minimum atomic E-state index is -3.33. The SMILES string of the molecule is Cc1ccc(NC(=O)c2cccc(S(C)(=O)=O)c2)c(Br)c1. The van der Waals surface area contributed by atoms with E-state index in [1.807, 2.05) is 19.1 Å². The zero-order valence-corrected chi connectivity index (χ0v) is 14.0. The number of benzene rings is 2. The van der Waals surface area contributed by atoms with Crippen molar-refractivity contribution in [1.82, 2.24) is 0 Å². The van der Waals surface area contributed by atoms with E-state index < -0.39 is 9.84 Å². The van der Waals surface area contributed by atoms with Crippen LogP contribution in [0.2, 0.25) is 0 Å². The lowest BCUT2D eigenvalue weighted by Gasteiger charge is -2.09. The Kier molecular flexibility index (Phi) is 4.49. The van der Waals surface area contributed by atoms with Crippen molar-refractivity contribution < 1.29 is 13.2 Å². The number of nitrogens with one attached hydrogen (secondary N) is 1. The number of aryl methyl sites for hydroxylation is 1. The number of halogens is 1. The first kappa shape index (κ1) is 15.7. The molecule has 1 N–H and O–H groups in total. The zero-order valence-electron chi connectivity index (χ0n) is 11.6. The van der Waals surface area contributed by atoms with Gasteiger partial charge in [-0.05, 0) is 58.7 Å². The number of anilines is 1. The van der Waals surface area contributed by atoms with Crippen molar-refractivity contribution in [2.24, 2.45) is 0 Å². The molecule has 110 valence electrons. The quantitative estimate of drug-likeness (QED) is 0.903. The van der Waals surface area contributed by atoms with E-state index in [9.17, 15) is 13.2 Å². The van der Waals surface area contributed by atoms with Gasteiger partial charge in [0.25, 0.3) is 5.91 Å². The second-order valence-electron chi connectivity index (χ2n) is 4.74. The minimum absolute atomic E-state index is 0.123. The molecule has 0 aliphatic heterocycles. The normalized spacial score (nSPS) is 11.2. The van der Waals surface area contributed by atoms with Crippen LogP contribution in [0, 0.1) is 6.92 Å². The number of hydrogen-bond acceptors (Lipinski definition) is 3. The van der Waals surface area contributed by atoms with E-state index in [-0.39, 0.29) is 10.8 Å². The number of hydrogen-bond donors (Lipinski definition) is 1. The van der Waals surface area contributed by atoms with Crippen LogP contribution in [0.25, 0.3) is 0 Å². The number of sulfone groups is 1. The fourth-order valence-corrected chi connectivity index (χ4v) is 3.04. The van der Waals surface area contributed by atoms with E-state index in [0.29, 0.717) is 11.3 Å². The summed E-state index contributed by atoms with van der Waals surface area (Å²) in [5, 5.41) is 2.75. The van der Waals surface area contributed by atoms with Crippen molar-refractivity contribution in [3.05, 3.63) is 58.1 Å². The third kappa shape index (κ3) is 3.92. The summed E-state index contributed by atoms with van der Waals surface area (Å²) < 4.78 is 23.8. The first-order valence-corrected chi connectivity index (χ1v) is 8.83. The van der Waals surface area contributed by atoms with Gasteiger partial charge >= 0.3 is 0 Å². The first-order valence-electron chi connectivity index (χ1n) is 6.15. The maximum Gasteiger partial charge on any atom is 0.255 e. The molecule has 2 rings (SSSR count). The highest BCUT2D eigenvalue weighted by Crippen LogP contribution is 2.24. The van der Waals surface area contributed by atoms with Gasteiger partial charge < -0.3 is 5.32 Å². The van der Waals surface area contributed by atoms with E-state index in [1.54, 1.807) is 18.2 Å². The monoisotopic (exact) mass is 367 g/mol. The Morgan fingerprint density at radius 2 is 1.86 bits per heavy atom. The molecule has 0 saturated carbocycles. The molecule has 2 aromatic carbocycles. The second-order valence-corrected chi connectivity index (χ2v) is 7.61. The standard InChI is InChI=1S/C15H14BrNO3S/c1-10-6-7-14(13(16)8-10)17-15(18)11-4-3-5-12(9-11)21(2,19)20/h3-9H,1-2H3,(H,17,18). The zero-order chi connectivity index (χ0) is 15.6. The Morgan fingerprint density at radius 3 is 2.48 bits per heavy atom. The highest BCUT2D eigenvalue weighted by molar-refractivity contribution is 9.10. The summed E-state index contributed by atoms with van der Waals surface area (Å²) in [6.45, 7) is 1.95. The number of carbonyl (C=O) groups is 1. The average Bonchev–Trinajstić information content (AvgIpc) is 2.41. The van der Waals surface area contributed by atoms with Gasteiger partial charge in [0.1, 0.15) is 0 Å². The Hall–Kier alpha value is -1.66. The Labute approximate surface area is 132 Å². The lowest BCUT2D eigenvalue weighted by molar-refractivity contribution is 0.102. The van der Waals surface area contributed by atoms with Gasteiger partial charge in [0.2, 0.25) is 0 Å². The Bertz CT molecular complexity index is 800. The summed E-state index contributed by atoms with van der Waals surface area (Å²) in [7, 11) is -3.33. The molecule has 0 aromatic heterocycles. The number of rotatable bonds is 3. The van der Waals surface area contributed by atoms with Crippen molar-refractivity contribution >= 4 is 37.4 Å². The molecule has 0 saturated heterocycles. The van der Waals surface area contributed by atoms with Gasteiger partial charge in [0, 0.05) is 16.3 Å². The van der Waals surface area contributed by atoms with Crippen molar-refractivity contribution in [3.8, 4) is 0 Å². The van der Waals surface area contributed by atoms with Crippen LogP contribution in [-0.4, -0.2) is 20.6 Å². The topological polar surface area (TPSA) is 63.2 Å². The second kappa shape index (κ2) is 5.99. The van der Waals surface area contributed by atoms with Gasteiger partial charge in [-0.15, -0.1) is 0 Å². The van der Waals surface area contributed by atoms with Gasteiger partial charge in [0.05, 0.1) is 10.6 Å². The van der Waals surface area contributed by atoms with E-state index in [4.69, 9.17) is 0 Å². The van der Waals surface area contributed by atoms with Crippen LogP contribution in [0.4, 0.5) is 5.69 Å². The van der Waals surface area contributed by atoms with Gasteiger partial charge in [-0.1, -0.05) is 12.1 Å². The van der Waals surface area contributed by atoms with Crippen LogP contribution in [0.3, 0.4) is 0 Å². The molecular formula is C15H14BrNO3S. The summed E-state index contributed by atoms with van der Waals surface area (Å²) in [4.78, 5) is 12.3. The first-order chi connectivity index (χ1) is 9.77. The molecule has 0 spiro atoms. The minimum Gasteiger partial charge on any atom is -0.321 e. The molecule has 0 radical (unpaired) electrons. The predicted molar refractivity (Wildman–Crippen MR) is 86.4 cm³/mol. The average molecular weight is 368 g/mol. The molecule has 0 bridgehead atoms. The highest BCUT2D eigenvalue weighted by Gasteiger charge is 2.12. The van der Waals surface area contributed by atoms with E-state index >= 15 is 0 Å². The van der Waals surface area contributed by atoms with Crippen LogP contribution in [0.1, 0.15) is 15.9 Å². The molecule has 4 nitrogen and oxygen atoms in total. The van der Waals surface area contributed by atoms with E-state index in [1.165, 1.54) is 12.1 Å². The highest BCUT2D eigenvalue weighted by atomic mass is 79.9. The third-order valence-electron chi connectivity index (χ3n) is 2.90. The molecule has 0 heterocycles. The van der Waals surface area contributed by atoms with Crippen molar-refractivity contribution in [2.45, 2.75) is 11.8 Å². The molecule has 6 heteroatoms. The van der Waals surface area contributed by atoms with Gasteiger partial charge in [-0.2, -0.15) is 0 Å². The molecule has 2 aromatic rings. The number of amides is 1. The molecule has 0 fully saturated rings. The number of carbonyl (C=O) groups excluding carboxylic acids is 1. The summed E-state index contributed by atoms with van der Waals surface area (Å²) in [5.41, 5.74) is 2.00. The van der Waals surface area contributed by atoms with E-state index in [2.05, 4.69) is 21.2 Å². The summed E-state index contributed by atoms with van der Waals surface area (Å²) in [5.74, 6) is -0.356. The molecule has 21 heavy (non-hydrogen) atoms. The van der Waals surface area contributed by atoms with Crippen LogP contribution in [0.15, 0.2) is 51.8 Å². The van der Waals surface area contributed by atoms with Crippen LogP contribution >= 0.6 is 15.9 Å². The third-order valence-corrected chi connectivity index (χ3v) is 4.66. The summed E-state index contributed by atoms with van der Waals surface area (Å²) >= 11 is 3.38. The smallest absolute Gasteiger partial charge is 0.255 e. The molecule has 0 unspecified atom stereocenters. The van der Waals surface area contributed by atoms with Crippen molar-refractivity contribution in [1.29, 1.82) is 0 Å². The largest absolute Gasteiger partial charge is 0.321 e. The molecule has 0 aliphatic rings. The lowest BCUT2D eigenvalue weighted by atomic mass is 10.2. The Balaban J connectivity index is 2.29. The molecule has 0 atom stereocenters. The van der Waals surface area contributed by atoms with Crippen molar-refractivity contribution in [2.75, 3.05) is 11.6 Å². The van der Waals surface area contributed by atoms with Crippen LogP contribution in [0.5, 0.6) is 0 Å². The summed E-state index contributed by atoms with van der Waals surface area (Å²) in [6.07, 6.45) is 1.11. The van der Waals surface area contributed by atoms with Gasteiger partial charge in [-0.25, -0.2) is 8.42 Å². The Morgan fingerprint density at radius 1 is 1.14 bits per heavy atom. The molecule has 0 aliphatic carbocycles. The van der Waals surface area contributed by atoms with Crippen molar-refractivity contribution in [3.63, 3.8) is 0 Å².